The van der Waals surface area contributed by atoms with Crippen LogP contribution in [0.15, 0.2) is 18.2 Å². The molecular formula is C20H21F3N4O2. The van der Waals surface area contributed by atoms with Gasteiger partial charge in [-0.1, -0.05) is 13.3 Å². The number of fused-ring (bicyclic) bond motifs is 1. The number of amides is 1. The van der Waals surface area contributed by atoms with Crippen molar-refractivity contribution in [3.05, 3.63) is 46.3 Å². The summed E-state index contributed by atoms with van der Waals surface area (Å²) in [7, 11) is 0. The van der Waals surface area contributed by atoms with Crippen LogP contribution in [0.4, 0.5) is 18.0 Å². The number of nitrogens with zero attached hydrogens (tertiary/aromatic N) is 3. The van der Waals surface area contributed by atoms with Crippen molar-refractivity contribution in [1.29, 1.82) is 5.26 Å². The number of nitriles is 1. The van der Waals surface area contributed by atoms with Gasteiger partial charge in [-0.2, -0.15) is 23.5 Å². The minimum absolute atomic E-state index is 0.0680. The minimum atomic E-state index is -4.62. The number of alkyl halides is 3. The number of carbonyl (C=O) groups excluding carboxylic acids is 1. The molecule has 0 unspecified atom stereocenters. The number of hydrogen-bond donors (Lipinski definition) is 1. The first-order valence-corrected chi connectivity index (χ1v) is 9.47. The van der Waals surface area contributed by atoms with Crippen LogP contribution in [0.5, 0.6) is 0 Å². The highest BCUT2D eigenvalue weighted by atomic mass is 19.4. The van der Waals surface area contributed by atoms with E-state index in [-0.39, 0.29) is 17.8 Å². The number of nitrogens with one attached hydrogen (secondary N) is 1. The molecule has 0 fully saturated rings. The number of halogens is 3. The molecule has 0 radical (unpaired) electrons. The fourth-order valence-corrected chi connectivity index (χ4v) is 3.39. The zero-order chi connectivity index (χ0) is 21.0. The topological polar surface area (TPSA) is 79.9 Å². The van der Waals surface area contributed by atoms with Crippen LogP contribution in [0.25, 0.3) is 5.69 Å². The van der Waals surface area contributed by atoms with E-state index in [2.05, 4.69) is 10.4 Å². The Hall–Kier alpha value is -3.02. The normalized spacial score (nSPS) is 13.1. The molecule has 1 N–H and O–H groups in total. The maximum Gasteiger partial charge on any atom is 0.418 e. The Morgan fingerprint density at radius 1 is 1.38 bits per heavy atom. The molecule has 0 atom stereocenters. The van der Waals surface area contributed by atoms with E-state index in [1.165, 1.54) is 16.8 Å². The summed E-state index contributed by atoms with van der Waals surface area (Å²) < 4.78 is 47.1. The van der Waals surface area contributed by atoms with Crippen molar-refractivity contribution < 1.29 is 22.7 Å². The average molecular weight is 406 g/mol. The van der Waals surface area contributed by atoms with E-state index < -0.39 is 17.8 Å². The Morgan fingerprint density at radius 3 is 2.86 bits per heavy atom. The third-order valence-corrected chi connectivity index (χ3v) is 4.80. The van der Waals surface area contributed by atoms with E-state index in [1.54, 1.807) is 6.07 Å². The van der Waals surface area contributed by atoms with Gasteiger partial charge in [-0.3, -0.25) is 0 Å². The fourth-order valence-electron chi connectivity index (χ4n) is 3.39. The first kappa shape index (κ1) is 20.7. The van der Waals surface area contributed by atoms with Crippen LogP contribution >= 0.6 is 0 Å². The Bertz CT molecular complexity index is 944. The van der Waals surface area contributed by atoms with E-state index >= 15 is 0 Å². The number of rotatable bonds is 6. The molecule has 1 heterocycles. The Kier molecular flexibility index (Phi) is 6.11. The monoisotopic (exact) mass is 406 g/mol. The highest BCUT2D eigenvalue weighted by Gasteiger charge is 2.36. The van der Waals surface area contributed by atoms with Crippen molar-refractivity contribution in [3.63, 3.8) is 0 Å². The molecule has 0 saturated heterocycles. The van der Waals surface area contributed by atoms with Gasteiger partial charge >= 0.3 is 12.3 Å². The molecule has 1 aromatic carbocycles. The smallest absolute Gasteiger partial charge is 0.418 e. The summed E-state index contributed by atoms with van der Waals surface area (Å²) in [5.41, 5.74) is 0.996. The first-order chi connectivity index (χ1) is 13.8. The van der Waals surface area contributed by atoms with E-state index in [0.717, 1.165) is 30.9 Å². The molecule has 1 aliphatic carbocycles. The standard InChI is InChI=1S/C20H21F3N4O2/c1-2-3-9-29-19(28)25-12-16-14-5-4-6-17(14)27(26-16)18-8-7-13(11-24)10-15(18)20(21,22)23/h7-8,10H,2-6,9,12H2,1H3,(H,25,28). The third-order valence-electron chi connectivity index (χ3n) is 4.80. The molecule has 0 aliphatic heterocycles. The second kappa shape index (κ2) is 8.55. The lowest BCUT2D eigenvalue weighted by molar-refractivity contribution is -0.137. The van der Waals surface area contributed by atoms with Crippen molar-refractivity contribution in [2.24, 2.45) is 0 Å². The number of aromatic nitrogens is 2. The molecule has 29 heavy (non-hydrogen) atoms. The van der Waals surface area contributed by atoms with Gasteiger partial charge in [0.2, 0.25) is 0 Å². The van der Waals surface area contributed by atoms with Gasteiger partial charge in [0.25, 0.3) is 0 Å². The van der Waals surface area contributed by atoms with Crippen LogP contribution in [-0.4, -0.2) is 22.5 Å². The second-order valence-corrected chi connectivity index (χ2v) is 6.82. The summed E-state index contributed by atoms with van der Waals surface area (Å²) in [6, 6.07) is 5.18. The molecule has 3 rings (SSSR count). The highest BCUT2D eigenvalue weighted by molar-refractivity contribution is 5.67. The average Bonchev–Trinajstić information content (AvgIpc) is 3.28. The van der Waals surface area contributed by atoms with Gasteiger partial charge in [-0.15, -0.1) is 0 Å². The van der Waals surface area contributed by atoms with Crippen LogP contribution in [0.2, 0.25) is 0 Å². The summed E-state index contributed by atoms with van der Waals surface area (Å²) in [5.74, 6) is 0. The number of unbranched alkanes of at least 4 members (excludes halogenated alkanes) is 1. The lowest BCUT2D eigenvalue weighted by Gasteiger charge is -2.14. The fraction of sp³-hybridized carbons (Fsp3) is 0.450. The van der Waals surface area contributed by atoms with Gasteiger partial charge < -0.3 is 10.1 Å². The zero-order valence-corrected chi connectivity index (χ0v) is 16.0. The van der Waals surface area contributed by atoms with Crippen LogP contribution < -0.4 is 5.32 Å². The van der Waals surface area contributed by atoms with Crippen molar-refractivity contribution in [1.82, 2.24) is 15.1 Å². The molecule has 0 spiro atoms. The van der Waals surface area contributed by atoms with Crippen molar-refractivity contribution >= 4 is 6.09 Å². The van der Waals surface area contributed by atoms with E-state index in [1.807, 2.05) is 6.92 Å². The highest BCUT2D eigenvalue weighted by Crippen LogP contribution is 2.36. The van der Waals surface area contributed by atoms with Gasteiger partial charge in [0.1, 0.15) is 0 Å². The maximum absolute atomic E-state index is 13.6. The molecule has 6 nitrogen and oxygen atoms in total. The number of alkyl carbamates (subject to hydrolysis) is 1. The lowest BCUT2D eigenvalue weighted by Crippen LogP contribution is -2.25. The molecule has 9 heteroatoms. The summed E-state index contributed by atoms with van der Waals surface area (Å²) in [5, 5.41) is 15.9. The van der Waals surface area contributed by atoms with Gasteiger partial charge in [-0.05, 0) is 49.4 Å². The Labute approximate surface area is 166 Å². The molecule has 0 saturated carbocycles. The second-order valence-electron chi connectivity index (χ2n) is 6.82. The van der Waals surface area contributed by atoms with Crippen LogP contribution in [-0.2, 0) is 30.3 Å². The lowest BCUT2D eigenvalue weighted by atomic mass is 10.1. The Morgan fingerprint density at radius 2 is 2.17 bits per heavy atom. The molecule has 2 aromatic rings. The largest absolute Gasteiger partial charge is 0.450 e. The van der Waals surface area contributed by atoms with Crippen molar-refractivity contribution in [3.8, 4) is 11.8 Å². The number of ether oxygens (including phenoxy) is 1. The number of carbonyl (C=O) groups is 1. The summed E-state index contributed by atoms with van der Waals surface area (Å²) in [6.07, 6.45) is -1.45. The summed E-state index contributed by atoms with van der Waals surface area (Å²) >= 11 is 0. The maximum atomic E-state index is 13.6. The number of hydrogen-bond acceptors (Lipinski definition) is 4. The van der Waals surface area contributed by atoms with E-state index in [9.17, 15) is 18.0 Å². The molecule has 154 valence electrons. The third kappa shape index (κ3) is 4.53. The van der Waals surface area contributed by atoms with Crippen molar-refractivity contribution in [2.45, 2.75) is 51.7 Å². The number of benzene rings is 1. The predicted molar refractivity (Wildman–Crippen MR) is 98.4 cm³/mol. The van der Waals surface area contributed by atoms with Crippen LogP contribution in [0.1, 0.15) is 54.3 Å². The minimum Gasteiger partial charge on any atom is -0.450 e. The van der Waals surface area contributed by atoms with Gasteiger partial charge in [0.15, 0.2) is 0 Å². The first-order valence-electron chi connectivity index (χ1n) is 9.47. The van der Waals surface area contributed by atoms with Crippen LogP contribution in [0.3, 0.4) is 0 Å². The van der Waals surface area contributed by atoms with E-state index in [4.69, 9.17) is 10.00 Å². The molecular weight excluding hydrogens is 385 g/mol. The van der Waals surface area contributed by atoms with Gasteiger partial charge in [0.05, 0.1) is 41.7 Å². The summed E-state index contributed by atoms with van der Waals surface area (Å²) in [4.78, 5) is 11.8. The van der Waals surface area contributed by atoms with Crippen molar-refractivity contribution in [2.75, 3.05) is 6.61 Å². The Balaban J connectivity index is 1.90. The quantitative estimate of drug-likeness (QED) is 0.727. The van der Waals surface area contributed by atoms with Gasteiger partial charge in [0, 0.05) is 5.69 Å². The zero-order valence-electron chi connectivity index (χ0n) is 16.0. The molecule has 0 bridgehead atoms. The molecule has 1 amide bonds. The predicted octanol–water partition coefficient (Wildman–Crippen LogP) is 4.28. The summed E-state index contributed by atoms with van der Waals surface area (Å²) in [6.45, 7) is 2.38. The molecule has 1 aliphatic rings. The van der Waals surface area contributed by atoms with E-state index in [0.29, 0.717) is 30.8 Å². The van der Waals surface area contributed by atoms with Gasteiger partial charge in [-0.25, -0.2) is 9.48 Å². The SMILES string of the molecule is CCCCOC(=O)NCc1nn(-c2ccc(C#N)cc2C(F)(F)F)c2c1CCC2. The molecule has 1 aromatic heterocycles. The van der Waals surface area contributed by atoms with Crippen LogP contribution in [0, 0.1) is 11.3 Å².